The number of carboxylic acid groups (broad SMARTS) is 1. The van der Waals surface area contributed by atoms with E-state index in [-0.39, 0.29) is 5.56 Å². The Bertz CT molecular complexity index is 600. The number of hydrogen-bond acceptors (Lipinski definition) is 5. The predicted octanol–water partition coefficient (Wildman–Crippen LogP) is 3.12. The summed E-state index contributed by atoms with van der Waals surface area (Å²) in [7, 11) is 1.53. The molecule has 0 aliphatic carbocycles. The molecule has 1 aromatic heterocycles. The molecule has 0 fully saturated rings. The molecule has 0 aliphatic rings. The Morgan fingerprint density at radius 3 is 2.95 bits per heavy atom. The summed E-state index contributed by atoms with van der Waals surface area (Å²) in [5, 5.41) is 12.2. The molecule has 0 amide bonds. The Labute approximate surface area is 118 Å². The lowest BCUT2D eigenvalue weighted by Crippen LogP contribution is -2.06. The molecule has 2 aromatic rings. The SMILES string of the molecule is COc1ccc(C(=O)O)c(NCc2cnc(Cl)s2)c1. The molecule has 0 bridgehead atoms. The minimum atomic E-state index is -0.993. The summed E-state index contributed by atoms with van der Waals surface area (Å²) >= 11 is 7.08. The summed E-state index contributed by atoms with van der Waals surface area (Å²) in [6, 6.07) is 4.76. The van der Waals surface area contributed by atoms with Gasteiger partial charge in [0.05, 0.1) is 24.9 Å². The Morgan fingerprint density at radius 1 is 1.58 bits per heavy atom. The number of carboxylic acids is 1. The number of halogens is 1. The van der Waals surface area contributed by atoms with Crippen LogP contribution in [0.2, 0.25) is 4.47 Å². The molecule has 7 heteroatoms. The summed E-state index contributed by atoms with van der Waals surface area (Å²) in [5.41, 5.74) is 0.688. The van der Waals surface area contributed by atoms with Crippen molar-refractivity contribution in [2.75, 3.05) is 12.4 Å². The number of nitrogens with one attached hydrogen (secondary N) is 1. The minimum Gasteiger partial charge on any atom is -0.497 e. The van der Waals surface area contributed by atoms with Crippen molar-refractivity contribution in [3.63, 3.8) is 0 Å². The number of carbonyl (C=O) groups is 1. The zero-order valence-corrected chi connectivity index (χ0v) is 11.6. The number of aromatic carboxylic acids is 1. The molecule has 19 heavy (non-hydrogen) atoms. The third kappa shape index (κ3) is 3.36. The van der Waals surface area contributed by atoms with Gasteiger partial charge < -0.3 is 15.2 Å². The molecule has 2 rings (SSSR count). The molecular weight excluding hydrogens is 288 g/mol. The Kier molecular flexibility index (Phi) is 4.24. The number of methoxy groups -OCH3 is 1. The maximum Gasteiger partial charge on any atom is 0.337 e. The summed E-state index contributed by atoms with van der Waals surface area (Å²) in [4.78, 5) is 16.0. The quantitative estimate of drug-likeness (QED) is 0.887. The highest BCUT2D eigenvalue weighted by Gasteiger charge is 2.11. The van der Waals surface area contributed by atoms with Crippen LogP contribution in [0.5, 0.6) is 5.75 Å². The minimum absolute atomic E-state index is 0.191. The average molecular weight is 299 g/mol. The molecule has 0 radical (unpaired) electrons. The highest BCUT2D eigenvalue weighted by molar-refractivity contribution is 7.15. The van der Waals surface area contributed by atoms with E-state index in [1.54, 1.807) is 18.3 Å². The molecule has 5 nitrogen and oxygen atoms in total. The van der Waals surface area contributed by atoms with Crippen molar-refractivity contribution in [3.05, 3.63) is 39.3 Å². The highest BCUT2D eigenvalue weighted by atomic mass is 35.5. The number of anilines is 1. The molecule has 0 spiro atoms. The van der Waals surface area contributed by atoms with Crippen LogP contribution >= 0.6 is 22.9 Å². The molecule has 0 unspecified atom stereocenters. The lowest BCUT2D eigenvalue weighted by atomic mass is 10.1. The van der Waals surface area contributed by atoms with Crippen molar-refractivity contribution in [2.45, 2.75) is 6.54 Å². The largest absolute Gasteiger partial charge is 0.497 e. The Morgan fingerprint density at radius 2 is 2.37 bits per heavy atom. The van der Waals surface area contributed by atoms with E-state index < -0.39 is 5.97 Å². The van der Waals surface area contributed by atoms with Gasteiger partial charge in [-0.05, 0) is 12.1 Å². The summed E-state index contributed by atoms with van der Waals surface area (Å²) in [6.07, 6.45) is 1.65. The number of aromatic nitrogens is 1. The van der Waals surface area contributed by atoms with Crippen LogP contribution in [0.4, 0.5) is 5.69 Å². The van der Waals surface area contributed by atoms with Crippen molar-refractivity contribution in [3.8, 4) is 5.75 Å². The van der Waals surface area contributed by atoms with Gasteiger partial charge in [0, 0.05) is 17.1 Å². The number of ether oxygens (including phenoxy) is 1. The first-order chi connectivity index (χ1) is 9.10. The monoisotopic (exact) mass is 298 g/mol. The molecular formula is C12H11ClN2O3S. The topological polar surface area (TPSA) is 71.5 Å². The van der Waals surface area contributed by atoms with Gasteiger partial charge in [0.15, 0.2) is 4.47 Å². The molecule has 2 N–H and O–H groups in total. The van der Waals surface area contributed by atoms with Crippen LogP contribution in [0.25, 0.3) is 0 Å². The van der Waals surface area contributed by atoms with E-state index in [0.717, 1.165) is 4.88 Å². The lowest BCUT2D eigenvalue weighted by Gasteiger charge is -2.10. The van der Waals surface area contributed by atoms with Crippen LogP contribution in [0.1, 0.15) is 15.2 Å². The second-order valence-corrected chi connectivity index (χ2v) is 5.35. The molecule has 1 heterocycles. The second kappa shape index (κ2) is 5.90. The first-order valence-corrected chi connectivity index (χ1v) is 6.55. The fraction of sp³-hybridized carbons (Fsp3) is 0.167. The highest BCUT2D eigenvalue weighted by Crippen LogP contribution is 2.24. The Balaban J connectivity index is 2.19. The standard InChI is InChI=1S/C12H11ClN2O3S/c1-18-7-2-3-9(11(16)17)10(4-7)14-5-8-6-15-12(13)19-8/h2-4,6,14H,5H2,1H3,(H,16,17). The number of hydrogen-bond donors (Lipinski definition) is 2. The van der Waals surface area contributed by atoms with Crippen LogP contribution < -0.4 is 10.1 Å². The van der Waals surface area contributed by atoms with Crippen LogP contribution in [-0.2, 0) is 6.54 Å². The van der Waals surface area contributed by atoms with Gasteiger partial charge in [0.1, 0.15) is 5.75 Å². The van der Waals surface area contributed by atoms with Crippen molar-refractivity contribution in [1.82, 2.24) is 4.98 Å². The van der Waals surface area contributed by atoms with Gasteiger partial charge in [-0.15, -0.1) is 11.3 Å². The molecule has 100 valence electrons. The van der Waals surface area contributed by atoms with Crippen molar-refractivity contribution in [2.24, 2.45) is 0 Å². The molecule has 1 aromatic carbocycles. The zero-order chi connectivity index (χ0) is 13.8. The maximum atomic E-state index is 11.1. The third-order valence-corrected chi connectivity index (χ3v) is 3.55. The molecule has 0 atom stereocenters. The second-order valence-electron chi connectivity index (χ2n) is 3.65. The molecule has 0 saturated heterocycles. The van der Waals surface area contributed by atoms with Gasteiger partial charge in [-0.2, -0.15) is 0 Å². The van der Waals surface area contributed by atoms with Crippen molar-refractivity contribution in [1.29, 1.82) is 0 Å². The normalized spacial score (nSPS) is 10.2. The van der Waals surface area contributed by atoms with E-state index in [9.17, 15) is 4.79 Å². The number of nitrogens with zero attached hydrogens (tertiary/aromatic N) is 1. The van der Waals surface area contributed by atoms with Crippen LogP contribution in [0.3, 0.4) is 0 Å². The van der Waals surface area contributed by atoms with Crippen LogP contribution in [0.15, 0.2) is 24.4 Å². The molecule has 0 aliphatic heterocycles. The summed E-state index contributed by atoms with van der Waals surface area (Å²) < 4.78 is 5.54. The molecule has 0 saturated carbocycles. The van der Waals surface area contributed by atoms with E-state index in [4.69, 9.17) is 21.4 Å². The van der Waals surface area contributed by atoms with Gasteiger partial charge in [-0.3, -0.25) is 0 Å². The first kappa shape index (κ1) is 13.6. The zero-order valence-electron chi connectivity index (χ0n) is 10.0. The third-order valence-electron chi connectivity index (χ3n) is 2.44. The smallest absolute Gasteiger partial charge is 0.337 e. The average Bonchev–Trinajstić information content (AvgIpc) is 2.81. The van der Waals surface area contributed by atoms with Gasteiger partial charge >= 0.3 is 5.97 Å². The summed E-state index contributed by atoms with van der Waals surface area (Å²) in [6.45, 7) is 0.456. The van der Waals surface area contributed by atoms with E-state index in [0.29, 0.717) is 22.4 Å². The number of thiazole rings is 1. The van der Waals surface area contributed by atoms with Gasteiger partial charge in [-0.25, -0.2) is 9.78 Å². The predicted molar refractivity (Wildman–Crippen MR) is 74.4 cm³/mol. The number of benzene rings is 1. The van der Waals surface area contributed by atoms with Crippen LogP contribution in [0, 0.1) is 0 Å². The fourth-order valence-corrected chi connectivity index (χ4v) is 2.45. The maximum absolute atomic E-state index is 11.1. The van der Waals surface area contributed by atoms with E-state index in [2.05, 4.69) is 10.3 Å². The lowest BCUT2D eigenvalue weighted by molar-refractivity contribution is 0.0698. The van der Waals surface area contributed by atoms with Gasteiger partial charge in [0.25, 0.3) is 0 Å². The van der Waals surface area contributed by atoms with E-state index >= 15 is 0 Å². The van der Waals surface area contributed by atoms with E-state index in [1.165, 1.54) is 24.5 Å². The van der Waals surface area contributed by atoms with Gasteiger partial charge in [-0.1, -0.05) is 11.6 Å². The van der Waals surface area contributed by atoms with Crippen molar-refractivity contribution < 1.29 is 14.6 Å². The fourth-order valence-electron chi connectivity index (χ4n) is 1.53. The number of rotatable bonds is 5. The van der Waals surface area contributed by atoms with Gasteiger partial charge in [0.2, 0.25) is 0 Å². The summed E-state index contributed by atoms with van der Waals surface area (Å²) in [5.74, 6) is -0.401. The Hall–Kier alpha value is -1.79. The van der Waals surface area contributed by atoms with Crippen molar-refractivity contribution >= 4 is 34.6 Å². The van der Waals surface area contributed by atoms with Crippen LogP contribution in [-0.4, -0.2) is 23.2 Å². The first-order valence-electron chi connectivity index (χ1n) is 5.35. The van der Waals surface area contributed by atoms with E-state index in [1.807, 2.05) is 0 Å².